The normalized spacial score (nSPS) is 13.4. The Morgan fingerprint density at radius 2 is 0.829 bits per heavy atom. The van der Waals surface area contributed by atoms with Crippen LogP contribution in [-0.4, -0.2) is 29.3 Å². The van der Waals surface area contributed by atoms with Gasteiger partial charge >= 0.3 is 238 Å². The molecule has 0 aromatic heterocycles. The number of unbranched alkanes of at least 4 members (excludes halogenated alkanes) is 12. The molecule has 0 fully saturated rings. The number of hydrogen-bond acceptors (Lipinski definition) is 4. The van der Waals surface area contributed by atoms with E-state index in [4.69, 9.17) is 30.6 Å². The quantitative estimate of drug-likeness (QED) is 0.0597. The fourth-order valence-electron chi connectivity index (χ4n) is 4.51. The number of thiocarbonyl (C=S) groups is 2. The summed E-state index contributed by atoms with van der Waals surface area (Å²) in [6.07, 6.45) is 22.8. The van der Waals surface area contributed by atoms with Gasteiger partial charge in [0.1, 0.15) is 0 Å². The van der Waals surface area contributed by atoms with Gasteiger partial charge in [-0.05, 0) is 0 Å². The van der Waals surface area contributed by atoms with Gasteiger partial charge in [-0.2, -0.15) is 0 Å². The molecule has 0 aromatic rings. The van der Waals surface area contributed by atoms with Crippen LogP contribution in [0, 0.1) is 11.8 Å². The van der Waals surface area contributed by atoms with Crippen molar-refractivity contribution in [2.75, 3.05) is 0 Å². The second-order valence-corrected chi connectivity index (χ2v) is 20.9. The molecule has 35 heavy (non-hydrogen) atoms. The summed E-state index contributed by atoms with van der Waals surface area (Å²) in [5.74, 6) is 0.654. The van der Waals surface area contributed by atoms with Crippen molar-refractivity contribution in [2.45, 2.75) is 166 Å². The minimum atomic E-state index is -3.43. The second-order valence-electron chi connectivity index (χ2n) is 10.9. The van der Waals surface area contributed by atoms with Gasteiger partial charge in [0.25, 0.3) is 0 Å². The van der Waals surface area contributed by atoms with Gasteiger partial charge in [0, 0.05) is 0 Å². The summed E-state index contributed by atoms with van der Waals surface area (Å²) < 4.78 is 15.8. The van der Waals surface area contributed by atoms with Crippen molar-refractivity contribution in [3.05, 3.63) is 0 Å². The van der Waals surface area contributed by atoms with E-state index in [0.29, 0.717) is 11.8 Å². The van der Waals surface area contributed by atoms with Gasteiger partial charge in [-0.15, -0.1) is 0 Å². The molecule has 0 bridgehead atoms. The zero-order chi connectivity index (χ0) is 26.4. The van der Waals surface area contributed by atoms with E-state index in [1.165, 1.54) is 77.0 Å². The zero-order valence-electron chi connectivity index (χ0n) is 24.4. The number of hydrogen-bond donors (Lipinski definition) is 0. The van der Waals surface area contributed by atoms with E-state index in [2.05, 4.69) is 41.5 Å². The molecule has 2 atom stereocenters. The molecule has 0 rings (SSSR count). The van der Waals surface area contributed by atoms with Crippen molar-refractivity contribution in [1.29, 1.82) is 0 Å². The van der Waals surface area contributed by atoms with Crippen LogP contribution in [0.2, 0.25) is 8.87 Å². The van der Waals surface area contributed by atoms with E-state index in [1.807, 2.05) is 0 Å². The molecule has 2 nitrogen and oxygen atoms in total. The van der Waals surface area contributed by atoms with E-state index in [9.17, 15) is 0 Å². The average Bonchev–Trinajstić information content (AvgIpc) is 2.85. The molecule has 0 aromatic carbocycles. The van der Waals surface area contributed by atoms with Crippen molar-refractivity contribution in [2.24, 2.45) is 11.8 Å². The molecule has 2 unspecified atom stereocenters. The van der Waals surface area contributed by atoms with Crippen molar-refractivity contribution in [1.82, 2.24) is 0 Å². The molecule has 0 saturated heterocycles. The first-order valence-electron chi connectivity index (χ1n) is 15.3. The van der Waals surface area contributed by atoms with Crippen LogP contribution in [0.5, 0.6) is 0 Å². The maximum atomic E-state index is 6.82. The summed E-state index contributed by atoms with van der Waals surface area (Å²) >= 11 is 8.35. The minimum absolute atomic E-state index is 0.327. The Morgan fingerprint density at radius 1 is 0.514 bits per heavy atom. The van der Waals surface area contributed by atoms with Crippen molar-refractivity contribution in [3.8, 4) is 0 Å². The van der Waals surface area contributed by atoms with Crippen LogP contribution in [0.15, 0.2) is 0 Å². The van der Waals surface area contributed by atoms with Crippen molar-refractivity contribution >= 4 is 53.7 Å². The van der Waals surface area contributed by atoms with E-state index in [-0.39, 0.29) is 0 Å². The summed E-state index contributed by atoms with van der Waals surface area (Å²) in [6.45, 7) is 13.6. The first-order chi connectivity index (χ1) is 16.9. The summed E-state index contributed by atoms with van der Waals surface area (Å²) in [5.41, 5.74) is 0. The molecule has 208 valence electrons. The van der Waals surface area contributed by atoms with Crippen LogP contribution in [0.1, 0.15) is 157 Å². The molecule has 0 aliphatic carbocycles. The SMILES string of the molecule is CCCCCCCCC(C)C(=S)[O][Sn]([CH2]CCC)([CH2]CCC)[O]C(=S)C(C)CCCCCCCC. The molecular formula is C30H60O2S2Sn. The van der Waals surface area contributed by atoms with Crippen molar-refractivity contribution in [3.63, 3.8) is 0 Å². The first kappa shape index (κ1) is 35.6. The third-order valence-corrected chi connectivity index (χ3v) is 18.7. The third-order valence-electron chi connectivity index (χ3n) is 7.18. The van der Waals surface area contributed by atoms with E-state index in [0.717, 1.165) is 57.5 Å². The molecule has 0 saturated carbocycles. The van der Waals surface area contributed by atoms with Gasteiger partial charge in [-0.1, -0.05) is 0 Å². The van der Waals surface area contributed by atoms with Crippen molar-refractivity contribution < 1.29 is 6.15 Å². The molecule has 5 heteroatoms. The second kappa shape index (κ2) is 23.7. The Hall–Kier alpha value is 0.579. The van der Waals surface area contributed by atoms with Crippen LogP contribution in [-0.2, 0) is 6.15 Å². The molecular weight excluding hydrogens is 575 g/mol. The summed E-state index contributed by atoms with van der Waals surface area (Å²) in [6, 6.07) is 0. The van der Waals surface area contributed by atoms with Gasteiger partial charge in [0.05, 0.1) is 0 Å². The van der Waals surface area contributed by atoms with Crippen LogP contribution in [0.25, 0.3) is 0 Å². The van der Waals surface area contributed by atoms with E-state index >= 15 is 0 Å². The molecule has 0 amide bonds. The van der Waals surface area contributed by atoms with Gasteiger partial charge in [0.2, 0.25) is 0 Å². The summed E-state index contributed by atoms with van der Waals surface area (Å²) in [5, 5.41) is 1.63. The standard InChI is InChI=1S/2C11H22OS.2C4H9.Sn/c2*1-3-4-5-6-7-8-9-10(2)11(12)13;2*1-3-4-2;/h2*10H,3-9H2,1-2H3,(H,12,13);2*1,3-4H2,2H3;/q;;;;+2/p-2. The third kappa shape index (κ3) is 18.5. The molecule has 0 aliphatic heterocycles. The van der Waals surface area contributed by atoms with Gasteiger partial charge in [-0.3, -0.25) is 0 Å². The fraction of sp³-hybridized carbons (Fsp3) is 0.933. The Balaban J connectivity index is 4.99. The van der Waals surface area contributed by atoms with Gasteiger partial charge < -0.3 is 0 Å². The Kier molecular flexibility index (Phi) is 24.1. The fourth-order valence-corrected chi connectivity index (χ4v) is 17.1. The summed E-state index contributed by atoms with van der Waals surface area (Å²) in [7, 11) is 0. The zero-order valence-corrected chi connectivity index (χ0v) is 28.9. The first-order valence-corrected chi connectivity index (χ1v) is 22.5. The molecule has 0 radical (unpaired) electrons. The topological polar surface area (TPSA) is 18.5 Å². The van der Waals surface area contributed by atoms with E-state index < -0.39 is 19.2 Å². The van der Waals surface area contributed by atoms with Crippen LogP contribution in [0.3, 0.4) is 0 Å². The predicted octanol–water partition coefficient (Wildman–Crippen LogP) is 11.5. The Bertz CT molecular complexity index is 480. The van der Waals surface area contributed by atoms with Gasteiger partial charge in [0.15, 0.2) is 0 Å². The predicted molar refractivity (Wildman–Crippen MR) is 167 cm³/mol. The summed E-state index contributed by atoms with van der Waals surface area (Å²) in [4.78, 5) is 0. The molecule has 0 aliphatic rings. The molecule has 0 spiro atoms. The number of rotatable bonds is 24. The Morgan fingerprint density at radius 3 is 1.17 bits per heavy atom. The van der Waals surface area contributed by atoms with Crippen LogP contribution < -0.4 is 0 Å². The molecule has 0 heterocycles. The van der Waals surface area contributed by atoms with Gasteiger partial charge in [-0.25, -0.2) is 0 Å². The monoisotopic (exact) mass is 636 g/mol. The van der Waals surface area contributed by atoms with Crippen LogP contribution in [0.4, 0.5) is 0 Å². The Labute approximate surface area is 236 Å². The van der Waals surface area contributed by atoms with E-state index in [1.54, 1.807) is 0 Å². The van der Waals surface area contributed by atoms with Crippen LogP contribution >= 0.6 is 24.4 Å². The molecule has 0 N–H and O–H groups in total. The average molecular weight is 636 g/mol. The maximum absolute atomic E-state index is 6.82.